The van der Waals surface area contributed by atoms with Crippen molar-refractivity contribution < 1.29 is 18.3 Å². The molecule has 30 heavy (non-hydrogen) atoms. The Labute approximate surface area is 171 Å². The minimum absolute atomic E-state index is 0.0718. The average Bonchev–Trinajstić information content (AvgIpc) is 3.30. The van der Waals surface area contributed by atoms with E-state index >= 15 is 0 Å². The van der Waals surface area contributed by atoms with E-state index < -0.39 is 22.5 Å². The van der Waals surface area contributed by atoms with Gasteiger partial charge in [-0.3, -0.25) is 14.8 Å². The van der Waals surface area contributed by atoms with E-state index in [1.807, 2.05) is 0 Å². The largest absolute Gasteiger partial charge is 0.493 e. The van der Waals surface area contributed by atoms with Gasteiger partial charge in [-0.15, -0.1) is 0 Å². The molecule has 0 atom stereocenters. The molecule has 0 fully saturated rings. The highest BCUT2D eigenvalue weighted by Crippen LogP contribution is 2.35. The Morgan fingerprint density at radius 3 is 2.70 bits per heavy atom. The Hall–Kier alpha value is -3.64. The van der Waals surface area contributed by atoms with Crippen LogP contribution >= 0.6 is 11.3 Å². The second-order valence-electron chi connectivity index (χ2n) is 6.55. The lowest BCUT2D eigenvalue weighted by Gasteiger charge is -2.15. The zero-order chi connectivity index (χ0) is 21.5. The normalized spacial score (nSPS) is 13.5. The molecule has 9 heteroatoms. The summed E-state index contributed by atoms with van der Waals surface area (Å²) in [4.78, 5) is 17.8. The molecular weight excluding hydrogens is 415 g/mol. The average molecular weight is 427 g/mol. The number of hydrogen-bond acceptors (Lipinski definition) is 5. The van der Waals surface area contributed by atoms with E-state index in [0.29, 0.717) is 10.8 Å². The lowest BCUT2D eigenvalue weighted by atomic mass is 9.95. The number of hydrogen-bond donors (Lipinski definition) is 2. The van der Waals surface area contributed by atoms with Crippen LogP contribution in [0.1, 0.15) is 27.1 Å². The van der Waals surface area contributed by atoms with Crippen LogP contribution in [0.5, 0.6) is 5.88 Å². The fourth-order valence-corrected chi connectivity index (χ4v) is 4.08. The Morgan fingerprint density at radius 2 is 2.03 bits per heavy atom. The monoisotopic (exact) mass is 427 g/mol. The van der Waals surface area contributed by atoms with Crippen molar-refractivity contribution in [1.82, 2.24) is 4.98 Å². The molecule has 0 saturated carbocycles. The summed E-state index contributed by atoms with van der Waals surface area (Å²) >= 11 is 0.718. The number of aromatic amines is 1. The fourth-order valence-electron chi connectivity index (χ4n) is 3.28. The van der Waals surface area contributed by atoms with Crippen molar-refractivity contribution in [3.8, 4) is 11.9 Å². The highest BCUT2D eigenvalue weighted by Gasteiger charge is 2.34. The summed E-state index contributed by atoms with van der Waals surface area (Å²) in [5.41, 5.74) is 0.0263. The van der Waals surface area contributed by atoms with Crippen molar-refractivity contribution in [2.75, 3.05) is 0 Å². The van der Waals surface area contributed by atoms with Crippen LogP contribution in [0.4, 0.5) is 13.2 Å². The van der Waals surface area contributed by atoms with Crippen molar-refractivity contribution >= 4 is 23.0 Å². The number of halogens is 3. The van der Waals surface area contributed by atoms with E-state index in [4.69, 9.17) is 5.26 Å². The minimum atomic E-state index is -4.67. The molecule has 2 heterocycles. The molecule has 2 N–H and O–H groups in total. The maximum Gasteiger partial charge on any atom is 0.416 e. The number of nitrogens with zero attached hydrogens (tertiary/aromatic N) is 2. The number of fused-ring (bicyclic) bond motifs is 1. The highest BCUT2D eigenvalue weighted by molar-refractivity contribution is 7.10. The van der Waals surface area contributed by atoms with Crippen LogP contribution < -0.4 is 15.4 Å². The molecule has 3 aromatic rings. The first kappa shape index (κ1) is 19.7. The van der Waals surface area contributed by atoms with Crippen LogP contribution in [-0.2, 0) is 12.6 Å². The summed E-state index contributed by atoms with van der Waals surface area (Å²) < 4.78 is 40.9. The predicted octanol–water partition coefficient (Wildman–Crippen LogP) is 3.08. The third kappa shape index (κ3) is 3.65. The van der Waals surface area contributed by atoms with Gasteiger partial charge in [-0.2, -0.15) is 18.4 Å². The topological polar surface area (TPSA) is 89.2 Å². The number of nitrogens with one attached hydrogen (secondary N) is 1. The molecule has 5 nitrogen and oxygen atoms in total. The first-order valence-corrected chi connectivity index (χ1v) is 9.48. The van der Waals surface area contributed by atoms with Gasteiger partial charge < -0.3 is 5.11 Å². The van der Waals surface area contributed by atoms with Crippen molar-refractivity contribution in [3.63, 3.8) is 0 Å². The number of aromatic nitrogens is 1. The van der Waals surface area contributed by atoms with Crippen molar-refractivity contribution in [2.24, 2.45) is 4.99 Å². The van der Waals surface area contributed by atoms with Gasteiger partial charge >= 0.3 is 11.0 Å². The van der Waals surface area contributed by atoms with Gasteiger partial charge in [0.1, 0.15) is 0 Å². The first-order chi connectivity index (χ1) is 14.3. The van der Waals surface area contributed by atoms with Gasteiger partial charge in [0.05, 0.1) is 27.4 Å². The lowest BCUT2D eigenvalue weighted by molar-refractivity contribution is -0.138. The summed E-state index contributed by atoms with van der Waals surface area (Å²) in [6, 6.07) is 10.2. The molecule has 0 saturated heterocycles. The number of benzene rings is 2. The standard InChI is InChI=1S/C21H12F3N3O2S/c22-21(23,24)16-7-11(10-25)1-2-13(16)9-15(18-19(28)27-20(29)30-18)12-3-4-17-14(8-12)5-6-26-17/h1-8,28H,9H2,(H,27,29). The molecule has 0 amide bonds. The summed E-state index contributed by atoms with van der Waals surface area (Å²) in [5, 5.41) is 20.4. The van der Waals surface area contributed by atoms with Crippen LogP contribution in [-0.4, -0.2) is 10.1 Å². The molecule has 1 aromatic heterocycles. The van der Waals surface area contributed by atoms with Gasteiger partial charge in [0, 0.05) is 18.2 Å². The second-order valence-corrected chi connectivity index (χ2v) is 7.53. The van der Waals surface area contributed by atoms with Crippen LogP contribution in [0, 0.1) is 11.3 Å². The molecule has 1 aliphatic rings. The molecule has 0 radical (unpaired) electrons. The van der Waals surface area contributed by atoms with E-state index in [0.717, 1.165) is 28.3 Å². The molecule has 0 spiro atoms. The quantitative estimate of drug-likeness (QED) is 0.673. The minimum Gasteiger partial charge on any atom is -0.493 e. The maximum absolute atomic E-state index is 13.6. The molecule has 4 rings (SSSR count). The lowest BCUT2D eigenvalue weighted by Crippen LogP contribution is -2.16. The number of alkyl halides is 3. The van der Waals surface area contributed by atoms with Gasteiger partial charge in [0.15, 0.2) is 0 Å². The second kappa shape index (κ2) is 7.31. The summed E-state index contributed by atoms with van der Waals surface area (Å²) in [7, 11) is 0. The van der Waals surface area contributed by atoms with Crippen LogP contribution in [0.2, 0.25) is 0 Å². The maximum atomic E-state index is 13.6. The van der Waals surface area contributed by atoms with Crippen molar-refractivity contribution in [1.29, 1.82) is 5.26 Å². The van der Waals surface area contributed by atoms with Crippen molar-refractivity contribution in [2.45, 2.75) is 12.6 Å². The number of aromatic hydroxyl groups is 1. The third-order valence-electron chi connectivity index (χ3n) is 4.66. The highest BCUT2D eigenvalue weighted by atomic mass is 32.1. The first-order valence-electron chi connectivity index (χ1n) is 8.66. The predicted molar refractivity (Wildman–Crippen MR) is 105 cm³/mol. The van der Waals surface area contributed by atoms with Crippen molar-refractivity contribution in [3.05, 3.63) is 90.0 Å². The molecule has 0 unspecified atom stereocenters. The smallest absolute Gasteiger partial charge is 0.416 e. The van der Waals surface area contributed by atoms with Crippen LogP contribution in [0.25, 0.3) is 11.6 Å². The molecule has 2 aromatic carbocycles. The number of H-pyrrole nitrogens is 1. The van der Waals surface area contributed by atoms with Gasteiger partial charge in [-0.1, -0.05) is 23.5 Å². The molecule has 1 aliphatic heterocycles. The fraction of sp³-hybridized carbons (Fsp3) is 0.0952. The Kier molecular flexibility index (Phi) is 4.79. The van der Waals surface area contributed by atoms with Gasteiger partial charge in [0.25, 0.3) is 0 Å². The molecule has 0 bridgehead atoms. The van der Waals surface area contributed by atoms with Crippen LogP contribution in [0.3, 0.4) is 0 Å². The Bertz CT molecular complexity index is 1410. The molecule has 150 valence electrons. The number of rotatable bonds is 3. The zero-order valence-electron chi connectivity index (χ0n) is 15.1. The number of nitriles is 1. The van der Waals surface area contributed by atoms with E-state index in [-0.39, 0.29) is 22.4 Å². The summed E-state index contributed by atoms with van der Waals surface area (Å²) in [5.74, 6) is -0.400. The van der Waals surface area contributed by atoms with Gasteiger partial charge in [-0.25, -0.2) is 0 Å². The zero-order valence-corrected chi connectivity index (χ0v) is 15.9. The van der Waals surface area contributed by atoms with Gasteiger partial charge in [-0.05, 0) is 46.7 Å². The molecule has 0 aliphatic carbocycles. The van der Waals surface area contributed by atoms with E-state index in [1.54, 1.807) is 36.5 Å². The summed E-state index contributed by atoms with van der Waals surface area (Å²) in [6.07, 6.45) is -1.50. The van der Waals surface area contributed by atoms with E-state index in [9.17, 15) is 23.1 Å². The SMILES string of the molecule is N#Cc1ccc(CC(c2sc(=O)[nH]c2O)=c2ccc3c(c2)C=CN=3)c(C(F)(F)F)c1. The Morgan fingerprint density at radius 1 is 1.23 bits per heavy atom. The Balaban J connectivity index is 1.97. The van der Waals surface area contributed by atoms with Gasteiger partial charge in [0.2, 0.25) is 5.88 Å². The van der Waals surface area contributed by atoms with E-state index in [1.165, 1.54) is 12.1 Å². The summed E-state index contributed by atoms with van der Waals surface area (Å²) in [6.45, 7) is 0. The van der Waals surface area contributed by atoms with E-state index in [2.05, 4.69) is 9.98 Å². The third-order valence-corrected chi connectivity index (χ3v) is 5.59. The number of thiazole rings is 1. The molecular formula is C21H12F3N3O2S. The van der Waals surface area contributed by atoms with Crippen LogP contribution in [0.15, 0.2) is 52.4 Å².